The van der Waals surface area contributed by atoms with Crippen LogP contribution in [-0.4, -0.2) is 15.3 Å². The van der Waals surface area contributed by atoms with Gasteiger partial charge in [0.25, 0.3) is 0 Å². The van der Waals surface area contributed by atoms with Gasteiger partial charge in [-0.15, -0.1) is 0 Å². The van der Waals surface area contributed by atoms with Crippen LogP contribution in [0.15, 0.2) is 104 Å². The SMILES string of the molecule is O=C(CC1CCCCC1)CC1CC1c1cn(C(c2ccccc2)(c2ccccc2)c2ccccc2)cn1. The van der Waals surface area contributed by atoms with Gasteiger partial charge in [-0.25, -0.2) is 4.98 Å². The lowest BCUT2D eigenvalue weighted by Crippen LogP contribution is -2.36. The van der Waals surface area contributed by atoms with Crippen molar-refractivity contribution in [3.63, 3.8) is 0 Å². The Balaban J connectivity index is 1.31. The monoisotopic (exact) mass is 488 g/mol. The molecule has 188 valence electrons. The molecule has 0 aliphatic heterocycles. The Morgan fingerprint density at radius 2 is 1.30 bits per heavy atom. The van der Waals surface area contributed by atoms with Crippen molar-refractivity contribution in [1.29, 1.82) is 0 Å². The molecule has 0 bridgehead atoms. The minimum Gasteiger partial charge on any atom is -0.319 e. The van der Waals surface area contributed by atoms with Gasteiger partial charge in [0.05, 0.1) is 12.0 Å². The number of imidazole rings is 1. The van der Waals surface area contributed by atoms with Gasteiger partial charge >= 0.3 is 0 Å². The number of rotatable bonds is 9. The number of hydrogen-bond acceptors (Lipinski definition) is 2. The first-order chi connectivity index (χ1) is 18.2. The third-order valence-electron chi connectivity index (χ3n) is 8.60. The molecule has 2 saturated carbocycles. The number of hydrogen-bond donors (Lipinski definition) is 0. The highest BCUT2D eigenvalue weighted by Gasteiger charge is 2.43. The quantitative estimate of drug-likeness (QED) is 0.226. The second-order valence-corrected chi connectivity index (χ2v) is 11.1. The number of carbonyl (C=O) groups is 1. The van der Waals surface area contributed by atoms with Gasteiger partial charge in [-0.2, -0.15) is 0 Å². The van der Waals surface area contributed by atoms with E-state index in [9.17, 15) is 4.79 Å². The van der Waals surface area contributed by atoms with E-state index in [4.69, 9.17) is 4.98 Å². The smallest absolute Gasteiger partial charge is 0.133 e. The van der Waals surface area contributed by atoms with Crippen molar-refractivity contribution in [2.45, 2.75) is 62.8 Å². The van der Waals surface area contributed by atoms with E-state index in [-0.39, 0.29) is 0 Å². The van der Waals surface area contributed by atoms with E-state index in [0.717, 1.165) is 25.0 Å². The van der Waals surface area contributed by atoms with Crippen molar-refractivity contribution in [1.82, 2.24) is 9.55 Å². The maximum Gasteiger partial charge on any atom is 0.133 e. The molecule has 3 heteroatoms. The molecular weight excluding hydrogens is 452 g/mol. The number of ketones is 1. The van der Waals surface area contributed by atoms with Gasteiger partial charge in [0, 0.05) is 25.0 Å². The highest BCUT2D eigenvalue weighted by Crippen LogP contribution is 2.50. The lowest BCUT2D eigenvalue weighted by molar-refractivity contribution is -0.120. The van der Waals surface area contributed by atoms with Crippen molar-refractivity contribution >= 4 is 5.78 Å². The Labute approximate surface area is 220 Å². The van der Waals surface area contributed by atoms with Crippen molar-refractivity contribution in [3.05, 3.63) is 126 Å². The van der Waals surface area contributed by atoms with Gasteiger partial charge in [0.15, 0.2) is 0 Å². The summed E-state index contributed by atoms with van der Waals surface area (Å²) in [6, 6.07) is 32.2. The average molecular weight is 489 g/mol. The molecular formula is C34H36N2O. The third-order valence-corrected chi connectivity index (χ3v) is 8.60. The van der Waals surface area contributed by atoms with Crippen LogP contribution in [0, 0.1) is 11.8 Å². The summed E-state index contributed by atoms with van der Waals surface area (Å²) in [6.45, 7) is 0. The van der Waals surface area contributed by atoms with E-state index in [2.05, 4.69) is 102 Å². The maximum atomic E-state index is 12.8. The fourth-order valence-electron chi connectivity index (χ4n) is 6.62. The molecule has 0 radical (unpaired) electrons. The summed E-state index contributed by atoms with van der Waals surface area (Å²) in [5.74, 6) is 1.92. The Bertz CT molecular complexity index is 1210. The van der Waals surface area contributed by atoms with Crippen LogP contribution in [0.2, 0.25) is 0 Å². The van der Waals surface area contributed by atoms with Gasteiger partial charge in [0.2, 0.25) is 0 Å². The van der Waals surface area contributed by atoms with Crippen LogP contribution >= 0.6 is 0 Å². The minimum atomic E-state index is -0.532. The zero-order chi connectivity index (χ0) is 25.1. The highest BCUT2D eigenvalue weighted by atomic mass is 16.1. The van der Waals surface area contributed by atoms with Crippen LogP contribution in [0.1, 0.15) is 79.7 Å². The van der Waals surface area contributed by atoms with Crippen LogP contribution in [-0.2, 0) is 10.3 Å². The van der Waals surface area contributed by atoms with E-state index in [1.54, 1.807) is 0 Å². The van der Waals surface area contributed by atoms with E-state index in [0.29, 0.717) is 23.5 Å². The first-order valence-electron chi connectivity index (χ1n) is 14.0. The molecule has 3 nitrogen and oxygen atoms in total. The predicted octanol–water partition coefficient (Wildman–Crippen LogP) is 7.76. The van der Waals surface area contributed by atoms with Crippen LogP contribution in [0.5, 0.6) is 0 Å². The summed E-state index contributed by atoms with van der Waals surface area (Å²) in [4.78, 5) is 17.8. The van der Waals surface area contributed by atoms with Crippen molar-refractivity contribution in [2.75, 3.05) is 0 Å². The lowest BCUT2D eigenvalue weighted by Gasteiger charge is -2.37. The molecule has 2 atom stereocenters. The topological polar surface area (TPSA) is 34.9 Å². The Kier molecular flexibility index (Phi) is 6.78. The zero-order valence-electron chi connectivity index (χ0n) is 21.5. The van der Waals surface area contributed by atoms with Gasteiger partial charge in [-0.1, -0.05) is 123 Å². The van der Waals surface area contributed by atoms with Gasteiger partial charge in [-0.05, 0) is 34.9 Å². The summed E-state index contributed by atoms with van der Waals surface area (Å²) in [5.41, 5.74) is 4.18. The number of Topliss-reactive ketones (excluding diaryl/α,β-unsaturated/α-hetero) is 1. The van der Waals surface area contributed by atoms with E-state index in [1.807, 2.05) is 6.33 Å². The molecule has 2 fully saturated rings. The number of aromatic nitrogens is 2. The molecule has 0 saturated heterocycles. The van der Waals surface area contributed by atoms with Gasteiger partial charge in [-0.3, -0.25) is 4.79 Å². The minimum absolute atomic E-state index is 0.386. The first kappa shape index (κ1) is 23.9. The van der Waals surface area contributed by atoms with Crippen LogP contribution < -0.4 is 0 Å². The molecule has 0 amide bonds. The Morgan fingerprint density at radius 1 is 0.757 bits per heavy atom. The highest BCUT2D eigenvalue weighted by molar-refractivity contribution is 5.79. The zero-order valence-corrected chi connectivity index (χ0v) is 21.5. The predicted molar refractivity (Wildman–Crippen MR) is 148 cm³/mol. The summed E-state index contributed by atoms with van der Waals surface area (Å²) >= 11 is 0. The normalized spacial score (nSPS) is 20.0. The molecule has 37 heavy (non-hydrogen) atoms. The van der Waals surface area contributed by atoms with Crippen LogP contribution in [0.3, 0.4) is 0 Å². The molecule has 0 N–H and O–H groups in total. The van der Waals surface area contributed by atoms with Crippen molar-refractivity contribution < 1.29 is 4.79 Å². The molecule has 2 unspecified atom stereocenters. The van der Waals surface area contributed by atoms with Crippen molar-refractivity contribution in [3.8, 4) is 0 Å². The molecule has 2 aliphatic rings. The van der Waals surface area contributed by atoms with E-state index < -0.39 is 5.54 Å². The second kappa shape index (κ2) is 10.5. The molecule has 1 heterocycles. The van der Waals surface area contributed by atoms with E-state index in [1.165, 1.54) is 48.8 Å². The first-order valence-corrected chi connectivity index (χ1v) is 14.0. The number of nitrogens with zero attached hydrogens (tertiary/aromatic N) is 2. The van der Waals surface area contributed by atoms with Gasteiger partial charge < -0.3 is 4.57 Å². The number of carbonyl (C=O) groups excluding carboxylic acids is 1. The Hall–Kier alpha value is -3.46. The second-order valence-electron chi connectivity index (χ2n) is 11.1. The molecule has 1 aromatic heterocycles. The summed E-state index contributed by atoms with van der Waals surface area (Å²) in [7, 11) is 0. The van der Waals surface area contributed by atoms with Crippen LogP contribution in [0.25, 0.3) is 0 Å². The maximum absolute atomic E-state index is 12.8. The fraction of sp³-hybridized carbons (Fsp3) is 0.353. The largest absolute Gasteiger partial charge is 0.319 e. The standard InChI is InChI=1S/C34H36N2O/c37-31(21-26-13-5-1-6-14-26)22-27-23-32(27)33-24-36(25-35-33)34(28-15-7-2-8-16-28,29-17-9-3-10-18-29)30-19-11-4-12-20-30/h2-4,7-12,15-20,24-27,32H,1,5-6,13-14,21-23H2. The number of benzene rings is 3. The van der Waals surface area contributed by atoms with E-state index >= 15 is 0 Å². The molecule has 0 spiro atoms. The van der Waals surface area contributed by atoms with Crippen molar-refractivity contribution in [2.24, 2.45) is 11.8 Å². The van der Waals surface area contributed by atoms with Crippen LogP contribution in [0.4, 0.5) is 0 Å². The molecule has 6 rings (SSSR count). The van der Waals surface area contributed by atoms with Gasteiger partial charge in [0.1, 0.15) is 11.3 Å². The molecule has 3 aromatic carbocycles. The molecule has 4 aromatic rings. The molecule has 2 aliphatic carbocycles. The summed E-state index contributed by atoms with van der Waals surface area (Å²) < 4.78 is 2.29. The third kappa shape index (κ3) is 4.80. The average Bonchev–Trinajstić information content (AvgIpc) is 3.54. The fourth-order valence-corrected chi connectivity index (χ4v) is 6.62. The summed E-state index contributed by atoms with van der Waals surface area (Å²) in [5, 5.41) is 0. The summed E-state index contributed by atoms with van der Waals surface area (Å²) in [6.07, 6.45) is 13.2. The lowest BCUT2D eigenvalue weighted by atomic mass is 9.77. The Morgan fingerprint density at radius 3 is 1.84 bits per heavy atom.